The Balaban J connectivity index is 2.30. The molecule has 0 aliphatic carbocycles. The molecule has 22 heavy (non-hydrogen) atoms. The van der Waals surface area contributed by atoms with Crippen LogP contribution < -0.4 is 5.73 Å². The van der Waals surface area contributed by atoms with Crippen molar-refractivity contribution in [2.75, 3.05) is 5.75 Å². The molecule has 0 fully saturated rings. The summed E-state index contributed by atoms with van der Waals surface area (Å²) < 4.78 is 0. The summed E-state index contributed by atoms with van der Waals surface area (Å²) in [4.78, 5) is 12.0. The third-order valence-electron chi connectivity index (χ3n) is 3.78. The smallest absolute Gasteiger partial charge is 0.320 e. The van der Waals surface area contributed by atoms with Crippen LogP contribution in [0.15, 0.2) is 29.2 Å². The molecule has 3 nitrogen and oxygen atoms in total. The fourth-order valence-corrected chi connectivity index (χ4v) is 3.28. The van der Waals surface area contributed by atoms with Crippen molar-refractivity contribution in [3.05, 3.63) is 29.8 Å². The van der Waals surface area contributed by atoms with Crippen LogP contribution in [-0.2, 0) is 11.2 Å². The molecule has 4 heteroatoms. The molecule has 2 atom stereocenters. The highest BCUT2D eigenvalue weighted by atomic mass is 32.2. The number of aliphatic carboxylic acids is 1. The predicted octanol–water partition coefficient (Wildman–Crippen LogP) is 4.34. The van der Waals surface area contributed by atoms with Crippen molar-refractivity contribution in [1.29, 1.82) is 0 Å². The molecule has 3 N–H and O–H groups in total. The molecule has 0 saturated carbocycles. The van der Waals surface area contributed by atoms with Gasteiger partial charge in [-0.05, 0) is 36.5 Å². The van der Waals surface area contributed by atoms with Gasteiger partial charge in [-0.1, -0.05) is 51.7 Å². The average Bonchev–Trinajstić information content (AvgIpc) is 2.50. The molecule has 1 aromatic carbocycles. The van der Waals surface area contributed by atoms with E-state index in [1.54, 1.807) is 0 Å². The molecule has 0 heterocycles. The Bertz CT molecular complexity index is 433. The monoisotopic (exact) mass is 323 g/mol. The Kier molecular flexibility index (Phi) is 9.25. The topological polar surface area (TPSA) is 63.3 Å². The first-order valence-electron chi connectivity index (χ1n) is 8.23. The molecule has 0 amide bonds. The van der Waals surface area contributed by atoms with Crippen LogP contribution in [0.25, 0.3) is 0 Å². The van der Waals surface area contributed by atoms with E-state index < -0.39 is 12.0 Å². The van der Waals surface area contributed by atoms with Crippen molar-refractivity contribution >= 4 is 17.7 Å². The second-order valence-electron chi connectivity index (χ2n) is 6.06. The van der Waals surface area contributed by atoms with E-state index in [0.717, 1.165) is 17.2 Å². The zero-order valence-electron chi connectivity index (χ0n) is 13.8. The third kappa shape index (κ3) is 7.85. The van der Waals surface area contributed by atoms with Crippen LogP contribution in [0.3, 0.4) is 0 Å². The lowest BCUT2D eigenvalue weighted by atomic mass is 10.0. The first-order valence-corrected chi connectivity index (χ1v) is 9.21. The molecule has 1 aromatic rings. The second-order valence-corrected chi connectivity index (χ2v) is 7.15. The maximum atomic E-state index is 10.7. The Morgan fingerprint density at radius 2 is 1.91 bits per heavy atom. The summed E-state index contributed by atoms with van der Waals surface area (Å²) in [6, 6.07) is 7.28. The van der Waals surface area contributed by atoms with Gasteiger partial charge in [0.05, 0.1) is 0 Å². The molecular formula is C18H29NO2S. The van der Waals surface area contributed by atoms with Crippen LogP contribution in [0.4, 0.5) is 0 Å². The predicted molar refractivity (Wildman–Crippen MR) is 94.4 cm³/mol. The third-order valence-corrected chi connectivity index (χ3v) is 5.12. The van der Waals surface area contributed by atoms with E-state index >= 15 is 0 Å². The minimum Gasteiger partial charge on any atom is -0.480 e. The van der Waals surface area contributed by atoms with Gasteiger partial charge in [-0.2, -0.15) is 0 Å². The highest BCUT2D eigenvalue weighted by molar-refractivity contribution is 7.99. The van der Waals surface area contributed by atoms with E-state index in [1.165, 1.54) is 37.0 Å². The number of carboxylic acid groups (broad SMARTS) is 1. The largest absolute Gasteiger partial charge is 0.480 e. The highest BCUT2D eigenvalue weighted by Gasteiger charge is 2.11. The van der Waals surface area contributed by atoms with E-state index in [2.05, 4.69) is 26.0 Å². The van der Waals surface area contributed by atoms with E-state index in [-0.39, 0.29) is 0 Å². The van der Waals surface area contributed by atoms with Crippen LogP contribution in [0.2, 0.25) is 0 Å². The second kappa shape index (κ2) is 10.7. The average molecular weight is 324 g/mol. The lowest BCUT2D eigenvalue weighted by molar-refractivity contribution is -0.138. The van der Waals surface area contributed by atoms with Gasteiger partial charge in [0.1, 0.15) is 6.04 Å². The molecule has 0 aliphatic heterocycles. The van der Waals surface area contributed by atoms with Gasteiger partial charge in [0.2, 0.25) is 0 Å². The minimum absolute atomic E-state index is 0.383. The van der Waals surface area contributed by atoms with Crippen LogP contribution in [-0.4, -0.2) is 22.9 Å². The first-order chi connectivity index (χ1) is 10.5. The summed E-state index contributed by atoms with van der Waals surface area (Å²) in [7, 11) is 0. The van der Waals surface area contributed by atoms with Gasteiger partial charge >= 0.3 is 5.97 Å². The number of hydrogen-bond donors (Lipinski definition) is 2. The fourth-order valence-electron chi connectivity index (χ4n) is 2.30. The summed E-state index contributed by atoms with van der Waals surface area (Å²) in [6.07, 6.45) is 7.01. The number of carbonyl (C=O) groups is 1. The summed E-state index contributed by atoms with van der Waals surface area (Å²) in [5.74, 6) is 0.928. The quantitative estimate of drug-likeness (QED) is 0.470. The normalized spacial score (nSPS) is 13.8. The maximum absolute atomic E-state index is 10.7. The summed E-state index contributed by atoms with van der Waals surface area (Å²) in [5.41, 5.74) is 6.53. The zero-order chi connectivity index (χ0) is 16.4. The Labute approximate surface area is 138 Å². The molecule has 124 valence electrons. The van der Waals surface area contributed by atoms with Crippen molar-refractivity contribution in [2.24, 2.45) is 11.7 Å². The van der Waals surface area contributed by atoms with Crippen LogP contribution >= 0.6 is 11.8 Å². The molecular weight excluding hydrogens is 294 g/mol. The standard InChI is InChI=1S/C18H29NO2S/c1-3-4-5-6-7-14(2)13-22-16-10-8-15(9-11-16)12-17(19)18(20)21/h8-11,14,17H,3-7,12-13,19H2,1-2H3,(H,20,21). The molecule has 0 spiro atoms. The number of carboxylic acids is 1. The van der Waals surface area contributed by atoms with Crippen molar-refractivity contribution in [1.82, 2.24) is 0 Å². The Hall–Kier alpha value is -1.00. The Morgan fingerprint density at radius 1 is 1.23 bits per heavy atom. The molecule has 2 unspecified atom stereocenters. The number of benzene rings is 1. The maximum Gasteiger partial charge on any atom is 0.320 e. The van der Waals surface area contributed by atoms with Gasteiger partial charge in [-0.15, -0.1) is 11.8 Å². The lowest BCUT2D eigenvalue weighted by Crippen LogP contribution is -2.32. The van der Waals surface area contributed by atoms with Crippen molar-refractivity contribution in [3.63, 3.8) is 0 Å². The van der Waals surface area contributed by atoms with Crippen molar-refractivity contribution in [2.45, 2.75) is 63.3 Å². The van der Waals surface area contributed by atoms with Gasteiger partial charge in [0.25, 0.3) is 0 Å². The molecule has 0 saturated heterocycles. The number of rotatable bonds is 11. The van der Waals surface area contributed by atoms with Gasteiger partial charge in [-0.3, -0.25) is 4.79 Å². The lowest BCUT2D eigenvalue weighted by Gasteiger charge is -2.11. The molecule has 0 radical (unpaired) electrons. The van der Waals surface area contributed by atoms with Crippen molar-refractivity contribution in [3.8, 4) is 0 Å². The number of nitrogens with two attached hydrogens (primary N) is 1. The molecule has 0 aliphatic rings. The summed E-state index contributed by atoms with van der Waals surface area (Å²) in [5, 5.41) is 8.82. The number of unbranched alkanes of at least 4 members (excludes halogenated alkanes) is 3. The van der Waals surface area contributed by atoms with Crippen LogP contribution in [0.5, 0.6) is 0 Å². The molecule has 0 aromatic heterocycles. The SMILES string of the molecule is CCCCCCC(C)CSc1ccc(CC(N)C(=O)O)cc1. The Morgan fingerprint density at radius 3 is 2.50 bits per heavy atom. The fraction of sp³-hybridized carbons (Fsp3) is 0.611. The summed E-state index contributed by atoms with van der Waals surface area (Å²) >= 11 is 1.88. The minimum atomic E-state index is -0.949. The molecule has 0 bridgehead atoms. The number of thioether (sulfide) groups is 1. The van der Waals surface area contributed by atoms with E-state index in [9.17, 15) is 4.79 Å². The summed E-state index contributed by atoms with van der Waals surface area (Å²) in [6.45, 7) is 4.56. The van der Waals surface area contributed by atoms with Crippen LogP contribution in [0.1, 0.15) is 51.5 Å². The van der Waals surface area contributed by atoms with E-state index in [1.807, 2.05) is 23.9 Å². The first kappa shape index (κ1) is 19.0. The van der Waals surface area contributed by atoms with Crippen molar-refractivity contribution < 1.29 is 9.90 Å². The number of hydrogen-bond acceptors (Lipinski definition) is 3. The van der Waals surface area contributed by atoms with Gasteiger partial charge in [-0.25, -0.2) is 0 Å². The van der Waals surface area contributed by atoms with E-state index in [4.69, 9.17) is 10.8 Å². The zero-order valence-corrected chi connectivity index (χ0v) is 14.6. The van der Waals surface area contributed by atoms with Crippen LogP contribution in [0, 0.1) is 5.92 Å². The van der Waals surface area contributed by atoms with Gasteiger partial charge in [0.15, 0.2) is 0 Å². The van der Waals surface area contributed by atoms with E-state index in [0.29, 0.717) is 6.42 Å². The highest BCUT2D eigenvalue weighted by Crippen LogP contribution is 2.23. The molecule has 1 rings (SSSR count). The van der Waals surface area contributed by atoms with Gasteiger partial charge in [0, 0.05) is 10.6 Å². The van der Waals surface area contributed by atoms with Gasteiger partial charge < -0.3 is 10.8 Å².